The van der Waals surface area contributed by atoms with E-state index < -0.39 is 0 Å². The third-order valence-electron chi connectivity index (χ3n) is 2.64. The smallest absolute Gasteiger partial charge is 0.0828 e. The number of azide groups is 1. The van der Waals surface area contributed by atoms with Gasteiger partial charge >= 0.3 is 0 Å². The van der Waals surface area contributed by atoms with Crippen molar-refractivity contribution in [3.63, 3.8) is 0 Å². The van der Waals surface area contributed by atoms with Crippen molar-refractivity contribution in [2.45, 2.75) is 25.0 Å². The van der Waals surface area contributed by atoms with Gasteiger partial charge < -0.3 is 4.74 Å². The molecule has 0 aromatic heterocycles. The minimum absolute atomic E-state index is 0.0777. The minimum atomic E-state index is 0.0777. The summed E-state index contributed by atoms with van der Waals surface area (Å²) in [5.74, 6) is 0. The Morgan fingerprint density at radius 2 is 2.13 bits per heavy atom. The van der Waals surface area contributed by atoms with Gasteiger partial charge in [0.25, 0.3) is 0 Å². The topological polar surface area (TPSA) is 58.0 Å². The standard InChI is InChI=1S/C11H13N3O/c12-14-13-10-6-7-15-11(8-10)9-4-2-1-3-5-9/h1-5,10-11H,6-8H2/t10-,11+/m0/s1. The fourth-order valence-electron chi connectivity index (χ4n) is 1.86. The van der Waals surface area contributed by atoms with Gasteiger partial charge in [-0.2, -0.15) is 0 Å². The maximum Gasteiger partial charge on any atom is 0.0828 e. The van der Waals surface area contributed by atoms with Crippen LogP contribution in [0.4, 0.5) is 0 Å². The molecule has 1 saturated heterocycles. The Labute approximate surface area is 88.5 Å². The van der Waals surface area contributed by atoms with Gasteiger partial charge in [0.2, 0.25) is 0 Å². The number of rotatable bonds is 2. The molecular weight excluding hydrogens is 190 g/mol. The van der Waals surface area contributed by atoms with Crippen molar-refractivity contribution in [1.82, 2.24) is 0 Å². The molecule has 0 saturated carbocycles. The molecule has 4 heteroatoms. The van der Waals surface area contributed by atoms with Crippen molar-refractivity contribution in [2.24, 2.45) is 5.11 Å². The Balaban J connectivity index is 2.07. The SMILES string of the molecule is [N-]=[N+]=N[C@H]1CCO[C@@H](c2ccccc2)C1. The van der Waals surface area contributed by atoms with Gasteiger partial charge in [0.15, 0.2) is 0 Å². The first-order chi connectivity index (χ1) is 7.40. The number of ether oxygens (including phenoxy) is 1. The summed E-state index contributed by atoms with van der Waals surface area (Å²) in [7, 11) is 0. The van der Waals surface area contributed by atoms with E-state index >= 15 is 0 Å². The molecule has 1 fully saturated rings. The molecule has 4 nitrogen and oxygen atoms in total. The van der Waals surface area contributed by atoms with Crippen LogP contribution in [0.25, 0.3) is 10.4 Å². The van der Waals surface area contributed by atoms with Crippen LogP contribution in [0.3, 0.4) is 0 Å². The highest BCUT2D eigenvalue weighted by molar-refractivity contribution is 5.18. The lowest BCUT2D eigenvalue weighted by atomic mass is 9.98. The number of hydrogen-bond donors (Lipinski definition) is 0. The molecule has 78 valence electrons. The zero-order valence-corrected chi connectivity index (χ0v) is 8.41. The monoisotopic (exact) mass is 203 g/mol. The summed E-state index contributed by atoms with van der Waals surface area (Å²) in [6, 6.07) is 10.1. The first-order valence-electron chi connectivity index (χ1n) is 5.11. The normalized spacial score (nSPS) is 25.6. The highest BCUT2D eigenvalue weighted by atomic mass is 16.5. The molecular formula is C11H13N3O. The Kier molecular flexibility index (Phi) is 3.22. The number of benzene rings is 1. The third kappa shape index (κ3) is 2.49. The number of nitrogens with zero attached hydrogens (tertiary/aromatic N) is 3. The summed E-state index contributed by atoms with van der Waals surface area (Å²) in [5.41, 5.74) is 9.56. The van der Waals surface area contributed by atoms with Gasteiger partial charge in [-0.15, -0.1) is 0 Å². The molecule has 2 rings (SSSR count). The lowest BCUT2D eigenvalue weighted by molar-refractivity contribution is 0.00675. The highest BCUT2D eigenvalue weighted by Gasteiger charge is 2.22. The quantitative estimate of drug-likeness (QED) is 0.413. The van der Waals surface area contributed by atoms with Gasteiger partial charge in [-0.1, -0.05) is 35.4 Å². The predicted octanol–water partition coefficient (Wildman–Crippen LogP) is 3.22. The van der Waals surface area contributed by atoms with Gasteiger partial charge in [0, 0.05) is 17.6 Å². The van der Waals surface area contributed by atoms with E-state index in [4.69, 9.17) is 10.3 Å². The van der Waals surface area contributed by atoms with E-state index in [1.807, 2.05) is 30.3 Å². The summed E-state index contributed by atoms with van der Waals surface area (Å²) in [5, 5.41) is 3.76. The predicted molar refractivity (Wildman–Crippen MR) is 57.3 cm³/mol. The van der Waals surface area contributed by atoms with E-state index in [-0.39, 0.29) is 12.1 Å². The Morgan fingerprint density at radius 1 is 1.33 bits per heavy atom. The van der Waals surface area contributed by atoms with E-state index in [0.29, 0.717) is 6.61 Å². The average Bonchev–Trinajstić information content (AvgIpc) is 2.31. The summed E-state index contributed by atoms with van der Waals surface area (Å²) in [4.78, 5) is 2.86. The van der Waals surface area contributed by atoms with Crippen LogP contribution in [0.5, 0.6) is 0 Å². The van der Waals surface area contributed by atoms with Crippen molar-refractivity contribution in [3.8, 4) is 0 Å². The molecule has 1 heterocycles. The second-order valence-electron chi connectivity index (χ2n) is 3.65. The molecule has 0 bridgehead atoms. The van der Waals surface area contributed by atoms with Crippen LogP contribution in [-0.2, 0) is 4.74 Å². The van der Waals surface area contributed by atoms with Crippen LogP contribution >= 0.6 is 0 Å². The van der Waals surface area contributed by atoms with Gasteiger partial charge in [-0.05, 0) is 23.9 Å². The van der Waals surface area contributed by atoms with Crippen molar-refractivity contribution in [1.29, 1.82) is 0 Å². The van der Waals surface area contributed by atoms with E-state index in [1.54, 1.807) is 0 Å². The Bertz CT molecular complexity index is 359. The first kappa shape index (κ1) is 10.0. The first-order valence-corrected chi connectivity index (χ1v) is 5.11. The van der Waals surface area contributed by atoms with Gasteiger partial charge in [-0.25, -0.2) is 0 Å². The van der Waals surface area contributed by atoms with E-state index in [0.717, 1.165) is 18.4 Å². The molecule has 0 aliphatic carbocycles. The summed E-state index contributed by atoms with van der Waals surface area (Å²) in [6.07, 6.45) is 1.69. The zero-order chi connectivity index (χ0) is 10.5. The van der Waals surface area contributed by atoms with Crippen LogP contribution in [-0.4, -0.2) is 12.6 Å². The highest BCUT2D eigenvalue weighted by Crippen LogP contribution is 2.29. The molecule has 15 heavy (non-hydrogen) atoms. The maximum atomic E-state index is 8.39. The van der Waals surface area contributed by atoms with E-state index in [1.165, 1.54) is 0 Å². The van der Waals surface area contributed by atoms with Crippen molar-refractivity contribution in [2.75, 3.05) is 6.61 Å². The molecule has 0 radical (unpaired) electrons. The summed E-state index contributed by atoms with van der Waals surface area (Å²) in [6.45, 7) is 0.670. The van der Waals surface area contributed by atoms with Crippen LogP contribution < -0.4 is 0 Å². The number of hydrogen-bond acceptors (Lipinski definition) is 2. The van der Waals surface area contributed by atoms with Crippen molar-refractivity contribution < 1.29 is 4.74 Å². The zero-order valence-electron chi connectivity index (χ0n) is 8.41. The van der Waals surface area contributed by atoms with Crippen LogP contribution in [0.1, 0.15) is 24.5 Å². The van der Waals surface area contributed by atoms with E-state index in [9.17, 15) is 0 Å². The third-order valence-corrected chi connectivity index (χ3v) is 2.64. The Morgan fingerprint density at radius 3 is 2.87 bits per heavy atom. The minimum Gasteiger partial charge on any atom is -0.374 e. The lowest BCUT2D eigenvalue weighted by Crippen LogP contribution is -2.21. The molecule has 1 aliphatic rings. The van der Waals surface area contributed by atoms with Crippen molar-refractivity contribution in [3.05, 3.63) is 46.3 Å². The van der Waals surface area contributed by atoms with Crippen molar-refractivity contribution >= 4 is 0 Å². The molecule has 0 N–H and O–H groups in total. The molecule has 0 amide bonds. The lowest BCUT2D eigenvalue weighted by Gasteiger charge is -2.27. The molecule has 1 aromatic carbocycles. The van der Waals surface area contributed by atoms with Crippen LogP contribution in [0, 0.1) is 0 Å². The second-order valence-corrected chi connectivity index (χ2v) is 3.65. The van der Waals surface area contributed by atoms with Crippen LogP contribution in [0.15, 0.2) is 35.4 Å². The van der Waals surface area contributed by atoms with E-state index in [2.05, 4.69) is 10.0 Å². The molecule has 1 aliphatic heterocycles. The molecule has 2 atom stereocenters. The van der Waals surface area contributed by atoms with Crippen LogP contribution in [0.2, 0.25) is 0 Å². The molecule has 1 aromatic rings. The maximum absolute atomic E-state index is 8.39. The fraction of sp³-hybridized carbons (Fsp3) is 0.455. The average molecular weight is 203 g/mol. The second kappa shape index (κ2) is 4.82. The fourth-order valence-corrected chi connectivity index (χ4v) is 1.86. The Hall–Kier alpha value is -1.51. The largest absolute Gasteiger partial charge is 0.374 e. The summed E-state index contributed by atoms with van der Waals surface area (Å²) < 4.78 is 5.66. The van der Waals surface area contributed by atoms with Gasteiger partial charge in [0.05, 0.1) is 6.10 Å². The molecule has 0 unspecified atom stereocenters. The summed E-state index contributed by atoms with van der Waals surface area (Å²) >= 11 is 0. The van der Waals surface area contributed by atoms with Gasteiger partial charge in [0.1, 0.15) is 0 Å². The molecule has 0 spiro atoms. The van der Waals surface area contributed by atoms with Gasteiger partial charge in [-0.3, -0.25) is 0 Å².